The molecular formula is C17H23N5O3. The summed E-state index contributed by atoms with van der Waals surface area (Å²) in [6, 6.07) is 3.64. The lowest BCUT2D eigenvalue weighted by Crippen LogP contribution is -2.33. The summed E-state index contributed by atoms with van der Waals surface area (Å²) in [5.74, 6) is 1.03. The summed E-state index contributed by atoms with van der Waals surface area (Å²) in [6.07, 6.45) is 5.55. The third-order valence-corrected chi connectivity index (χ3v) is 4.18. The van der Waals surface area contributed by atoms with Gasteiger partial charge in [0.05, 0.1) is 6.61 Å². The smallest absolute Gasteiger partial charge is 0.346 e. The van der Waals surface area contributed by atoms with Gasteiger partial charge in [-0.15, -0.1) is 0 Å². The molecule has 1 amide bonds. The van der Waals surface area contributed by atoms with Crippen molar-refractivity contribution in [2.24, 2.45) is 0 Å². The van der Waals surface area contributed by atoms with Gasteiger partial charge < -0.3 is 10.1 Å². The summed E-state index contributed by atoms with van der Waals surface area (Å²) >= 11 is 0. The molecule has 1 aliphatic heterocycles. The summed E-state index contributed by atoms with van der Waals surface area (Å²) < 4.78 is 8.38. The second-order valence-corrected chi connectivity index (χ2v) is 6.00. The number of aromatic nitrogens is 4. The first kappa shape index (κ1) is 17.2. The van der Waals surface area contributed by atoms with Crippen LogP contribution >= 0.6 is 0 Å². The highest BCUT2D eigenvalue weighted by atomic mass is 16.5. The number of ether oxygens (including phenoxy) is 1. The number of pyridine rings is 1. The van der Waals surface area contributed by atoms with Gasteiger partial charge in [0, 0.05) is 31.3 Å². The predicted molar refractivity (Wildman–Crippen MR) is 91.3 cm³/mol. The second kappa shape index (κ2) is 7.96. The molecule has 0 radical (unpaired) electrons. The lowest BCUT2D eigenvalue weighted by molar-refractivity contribution is -0.122. The molecule has 25 heavy (non-hydrogen) atoms. The zero-order valence-electron chi connectivity index (χ0n) is 14.4. The van der Waals surface area contributed by atoms with E-state index in [1.54, 1.807) is 16.8 Å². The minimum atomic E-state index is -0.262. The summed E-state index contributed by atoms with van der Waals surface area (Å²) in [7, 11) is 0. The molecule has 8 nitrogen and oxygen atoms in total. The summed E-state index contributed by atoms with van der Waals surface area (Å²) in [4.78, 5) is 28.7. The molecule has 2 aromatic heterocycles. The van der Waals surface area contributed by atoms with Crippen LogP contribution in [0, 0.1) is 0 Å². The first-order valence-electron chi connectivity index (χ1n) is 8.69. The Bertz CT molecular complexity index is 796. The molecule has 0 saturated carbocycles. The van der Waals surface area contributed by atoms with Gasteiger partial charge in [-0.1, -0.05) is 12.5 Å². The highest BCUT2D eigenvalue weighted by Crippen LogP contribution is 2.13. The second-order valence-electron chi connectivity index (χ2n) is 6.00. The fourth-order valence-corrected chi connectivity index (χ4v) is 2.94. The van der Waals surface area contributed by atoms with Crippen molar-refractivity contribution in [2.45, 2.75) is 52.2 Å². The molecule has 3 heterocycles. The van der Waals surface area contributed by atoms with E-state index in [4.69, 9.17) is 4.74 Å². The highest BCUT2D eigenvalue weighted by Gasteiger charge is 2.17. The van der Waals surface area contributed by atoms with Crippen LogP contribution in [0.4, 0.5) is 0 Å². The van der Waals surface area contributed by atoms with Crippen molar-refractivity contribution in [1.82, 2.24) is 24.6 Å². The van der Waals surface area contributed by atoms with E-state index in [1.807, 2.05) is 13.0 Å². The molecule has 1 aliphatic rings. The molecule has 8 heteroatoms. The number of rotatable bonds is 6. The van der Waals surface area contributed by atoms with Gasteiger partial charge in [0.1, 0.15) is 12.4 Å². The van der Waals surface area contributed by atoms with Crippen molar-refractivity contribution in [3.05, 3.63) is 40.2 Å². The lowest BCUT2D eigenvalue weighted by Gasteiger charge is -2.09. The quantitative estimate of drug-likeness (QED) is 0.839. The van der Waals surface area contributed by atoms with Crippen LogP contribution in [0.2, 0.25) is 0 Å². The van der Waals surface area contributed by atoms with Gasteiger partial charge in [-0.05, 0) is 25.8 Å². The third kappa shape index (κ3) is 4.07. The van der Waals surface area contributed by atoms with E-state index >= 15 is 0 Å². The molecule has 0 saturated heterocycles. The topological polar surface area (TPSA) is 91.0 Å². The Balaban J connectivity index is 1.63. The minimum absolute atomic E-state index is 0.0803. The number of carbonyl (C=O) groups is 1. The third-order valence-electron chi connectivity index (χ3n) is 4.18. The van der Waals surface area contributed by atoms with Crippen LogP contribution in [0.3, 0.4) is 0 Å². The molecule has 134 valence electrons. The minimum Gasteiger partial charge on any atom is -0.478 e. The van der Waals surface area contributed by atoms with E-state index < -0.39 is 0 Å². The van der Waals surface area contributed by atoms with Gasteiger partial charge in [-0.25, -0.2) is 14.5 Å². The zero-order valence-corrected chi connectivity index (χ0v) is 14.4. The van der Waals surface area contributed by atoms with Crippen LogP contribution in [0.25, 0.3) is 0 Å². The van der Waals surface area contributed by atoms with Crippen molar-refractivity contribution < 1.29 is 9.53 Å². The van der Waals surface area contributed by atoms with Crippen molar-refractivity contribution in [1.29, 1.82) is 0 Å². The summed E-state index contributed by atoms with van der Waals surface area (Å²) in [6.45, 7) is 3.29. The maximum absolute atomic E-state index is 12.4. The first-order valence-corrected chi connectivity index (χ1v) is 8.69. The fraction of sp³-hybridized carbons (Fsp3) is 0.529. The van der Waals surface area contributed by atoms with Gasteiger partial charge in [-0.3, -0.25) is 9.36 Å². The standard InChI is InChI=1S/C17H23N5O3/c1-2-25-16-13(7-6-9-18-16)11-19-15(23)12-22-17(24)21-10-5-3-4-8-14(21)20-22/h6-7,9H,2-5,8,10-12H2,1H3,(H,19,23). The molecule has 0 atom stereocenters. The number of amides is 1. The average molecular weight is 345 g/mol. The molecule has 0 spiro atoms. The Labute approximate surface area is 145 Å². The van der Waals surface area contributed by atoms with Crippen LogP contribution in [0.5, 0.6) is 5.88 Å². The molecule has 1 N–H and O–H groups in total. The number of nitrogens with one attached hydrogen (secondary N) is 1. The molecular weight excluding hydrogens is 322 g/mol. The number of hydrogen-bond donors (Lipinski definition) is 1. The van der Waals surface area contributed by atoms with Crippen LogP contribution in [-0.2, 0) is 30.8 Å². The number of carbonyl (C=O) groups excluding carboxylic acids is 1. The van der Waals surface area contributed by atoms with Gasteiger partial charge >= 0.3 is 5.69 Å². The van der Waals surface area contributed by atoms with Crippen LogP contribution in [-0.4, -0.2) is 31.8 Å². The Morgan fingerprint density at radius 1 is 1.36 bits per heavy atom. The number of fused-ring (bicyclic) bond motifs is 1. The number of hydrogen-bond acceptors (Lipinski definition) is 5. The van der Waals surface area contributed by atoms with E-state index in [9.17, 15) is 9.59 Å². The number of aryl methyl sites for hydroxylation is 1. The van der Waals surface area contributed by atoms with E-state index in [1.165, 1.54) is 4.68 Å². The normalized spacial score (nSPS) is 13.8. The molecule has 0 aromatic carbocycles. The zero-order chi connectivity index (χ0) is 17.6. The van der Waals surface area contributed by atoms with E-state index in [0.29, 0.717) is 25.6 Å². The molecule has 0 aliphatic carbocycles. The predicted octanol–water partition coefficient (Wildman–Crippen LogP) is 0.881. The van der Waals surface area contributed by atoms with Gasteiger partial charge in [-0.2, -0.15) is 5.10 Å². The molecule has 0 bridgehead atoms. The Morgan fingerprint density at radius 3 is 3.08 bits per heavy atom. The highest BCUT2D eigenvalue weighted by molar-refractivity contribution is 5.75. The Hall–Kier alpha value is -2.64. The molecule has 3 rings (SSSR count). The maximum Gasteiger partial charge on any atom is 0.346 e. The van der Waals surface area contributed by atoms with Crippen LogP contribution in [0.15, 0.2) is 23.1 Å². The van der Waals surface area contributed by atoms with E-state index in [2.05, 4.69) is 15.4 Å². The van der Waals surface area contributed by atoms with Crippen molar-refractivity contribution in [2.75, 3.05) is 6.61 Å². The molecule has 2 aromatic rings. The van der Waals surface area contributed by atoms with Gasteiger partial charge in [0.25, 0.3) is 0 Å². The Morgan fingerprint density at radius 2 is 2.24 bits per heavy atom. The SMILES string of the molecule is CCOc1ncccc1CNC(=O)Cn1nc2n(c1=O)CCCCC2. The number of nitrogens with zero attached hydrogens (tertiary/aromatic N) is 4. The molecule has 0 unspecified atom stereocenters. The summed E-state index contributed by atoms with van der Waals surface area (Å²) in [5.41, 5.74) is 0.592. The fourth-order valence-electron chi connectivity index (χ4n) is 2.94. The van der Waals surface area contributed by atoms with Gasteiger partial charge in [0.2, 0.25) is 11.8 Å². The lowest BCUT2D eigenvalue weighted by atomic mass is 10.2. The van der Waals surface area contributed by atoms with E-state index in [0.717, 1.165) is 37.1 Å². The van der Waals surface area contributed by atoms with Crippen molar-refractivity contribution in [3.63, 3.8) is 0 Å². The molecule has 0 fully saturated rings. The van der Waals surface area contributed by atoms with E-state index in [-0.39, 0.29) is 18.1 Å². The monoisotopic (exact) mass is 345 g/mol. The van der Waals surface area contributed by atoms with Crippen LogP contribution in [0.1, 0.15) is 37.6 Å². The largest absolute Gasteiger partial charge is 0.478 e. The van der Waals surface area contributed by atoms with Gasteiger partial charge in [0.15, 0.2) is 0 Å². The average Bonchev–Trinajstić information content (AvgIpc) is 2.78. The van der Waals surface area contributed by atoms with Crippen molar-refractivity contribution in [3.8, 4) is 5.88 Å². The first-order chi connectivity index (χ1) is 12.2. The maximum atomic E-state index is 12.4. The summed E-state index contributed by atoms with van der Waals surface area (Å²) in [5, 5.41) is 7.12. The van der Waals surface area contributed by atoms with Crippen molar-refractivity contribution >= 4 is 5.91 Å². The van der Waals surface area contributed by atoms with Crippen LogP contribution < -0.4 is 15.7 Å². The Kier molecular flexibility index (Phi) is 5.47.